The summed E-state index contributed by atoms with van der Waals surface area (Å²) in [5, 5.41) is 2.99. The summed E-state index contributed by atoms with van der Waals surface area (Å²) in [4.78, 5) is 11.3. The molecule has 0 spiro atoms. The summed E-state index contributed by atoms with van der Waals surface area (Å²) in [6, 6.07) is 4.43. The van der Waals surface area contributed by atoms with E-state index in [4.69, 9.17) is 4.74 Å². The smallest absolute Gasteiger partial charge is 0.216 e. The fraction of sp³-hybridized carbons (Fsp3) is 0.591. The maximum Gasteiger partial charge on any atom is 0.216 e. The molecule has 3 nitrogen and oxygen atoms in total. The number of hydrogen-bond acceptors (Lipinski definition) is 2. The molecule has 4 rings (SSSR count). The van der Waals surface area contributed by atoms with Crippen LogP contribution in [0, 0.1) is 5.92 Å². The second-order valence-electron chi connectivity index (χ2n) is 7.87. The first-order valence-electron chi connectivity index (χ1n) is 9.95. The molecule has 2 aliphatic carbocycles. The van der Waals surface area contributed by atoms with Crippen LogP contribution in [0.2, 0.25) is 0 Å². The van der Waals surface area contributed by atoms with Crippen LogP contribution in [0.1, 0.15) is 68.6 Å². The van der Waals surface area contributed by atoms with Crippen molar-refractivity contribution < 1.29 is 9.53 Å². The van der Waals surface area contributed by atoms with Gasteiger partial charge in [0.2, 0.25) is 5.91 Å². The van der Waals surface area contributed by atoms with Crippen LogP contribution in [-0.2, 0) is 17.6 Å². The van der Waals surface area contributed by atoms with Crippen LogP contribution in [0.4, 0.5) is 0 Å². The van der Waals surface area contributed by atoms with Crippen molar-refractivity contribution in [2.75, 3.05) is 13.2 Å². The monoisotopic (exact) mass is 339 g/mol. The highest BCUT2D eigenvalue weighted by Gasteiger charge is 2.29. The van der Waals surface area contributed by atoms with Gasteiger partial charge in [-0.25, -0.2) is 0 Å². The first-order valence-corrected chi connectivity index (χ1v) is 9.95. The van der Waals surface area contributed by atoms with Crippen molar-refractivity contribution in [3.8, 4) is 5.75 Å². The molecule has 1 aromatic carbocycles. The highest BCUT2D eigenvalue weighted by Crippen LogP contribution is 2.45. The lowest BCUT2D eigenvalue weighted by atomic mass is 9.83. The molecular weight excluding hydrogens is 310 g/mol. The fourth-order valence-corrected chi connectivity index (χ4v) is 4.96. The van der Waals surface area contributed by atoms with Crippen LogP contribution in [-0.4, -0.2) is 19.1 Å². The number of ether oxygens (including phenoxy) is 1. The average molecular weight is 339 g/mol. The van der Waals surface area contributed by atoms with E-state index in [-0.39, 0.29) is 5.91 Å². The SMILES string of the molecule is CC(=O)NCCC1=C(CC2CCCCC2)Cc2ccc3c(c21)CCO3. The molecule has 0 aromatic heterocycles. The van der Waals surface area contributed by atoms with Crippen LogP contribution in [0.25, 0.3) is 5.57 Å². The highest BCUT2D eigenvalue weighted by atomic mass is 16.5. The number of hydrogen-bond donors (Lipinski definition) is 1. The van der Waals surface area contributed by atoms with Crippen molar-refractivity contribution in [1.29, 1.82) is 0 Å². The van der Waals surface area contributed by atoms with E-state index >= 15 is 0 Å². The number of amides is 1. The first kappa shape index (κ1) is 16.7. The molecular formula is C22H29NO2. The van der Waals surface area contributed by atoms with E-state index in [2.05, 4.69) is 17.4 Å². The molecule has 1 saturated carbocycles. The number of carbonyl (C=O) groups excluding carboxylic acids is 1. The highest BCUT2D eigenvalue weighted by molar-refractivity contribution is 5.81. The molecule has 134 valence electrons. The van der Waals surface area contributed by atoms with Crippen molar-refractivity contribution in [3.63, 3.8) is 0 Å². The molecule has 1 fully saturated rings. The second-order valence-corrected chi connectivity index (χ2v) is 7.87. The van der Waals surface area contributed by atoms with Gasteiger partial charge in [-0.1, -0.05) is 43.7 Å². The summed E-state index contributed by atoms with van der Waals surface area (Å²) in [6.07, 6.45) is 11.3. The third kappa shape index (κ3) is 3.47. The summed E-state index contributed by atoms with van der Waals surface area (Å²) in [6.45, 7) is 3.15. The number of fused-ring (bicyclic) bond motifs is 3. The minimum Gasteiger partial charge on any atom is -0.493 e. The Balaban J connectivity index is 1.61. The zero-order chi connectivity index (χ0) is 17.2. The van der Waals surface area contributed by atoms with Gasteiger partial charge in [-0.05, 0) is 47.9 Å². The molecule has 0 radical (unpaired) electrons. The van der Waals surface area contributed by atoms with Crippen LogP contribution in [0.15, 0.2) is 17.7 Å². The standard InChI is InChI=1S/C22H29NO2/c1-15(24)23-11-9-19-18(13-16-5-3-2-4-6-16)14-17-7-8-21-20(22(17)19)10-12-25-21/h7-8,16H,2-6,9-14H2,1H3,(H,23,24). The van der Waals surface area contributed by atoms with Gasteiger partial charge in [0.25, 0.3) is 0 Å². The van der Waals surface area contributed by atoms with Crippen LogP contribution in [0.5, 0.6) is 5.75 Å². The Morgan fingerprint density at radius 2 is 2.08 bits per heavy atom. The Kier molecular flexibility index (Phi) is 4.82. The molecule has 25 heavy (non-hydrogen) atoms. The van der Waals surface area contributed by atoms with E-state index in [0.29, 0.717) is 0 Å². The molecule has 0 unspecified atom stereocenters. The third-order valence-electron chi connectivity index (χ3n) is 6.11. The predicted molar refractivity (Wildman–Crippen MR) is 101 cm³/mol. The van der Waals surface area contributed by atoms with Gasteiger partial charge >= 0.3 is 0 Å². The van der Waals surface area contributed by atoms with Crippen molar-refractivity contribution in [2.24, 2.45) is 5.92 Å². The lowest BCUT2D eigenvalue weighted by Crippen LogP contribution is -2.21. The molecule has 1 amide bonds. The Morgan fingerprint density at radius 1 is 1.24 bits per heavy atom. The van der Waals surface area contributed by atoms with Gasteiger partial charge in [0, 0.05) is 25.5 Å². The number of benzene rings is 1. The predicted octanol–water partition coefficient (Wildman–Crippen LogP) is 4.43. The maximum absolute atomic E-state index is 11.3. The van der Waals surface area contributed by atoms with Crippen molar-refractivity contribution >= 4 is 11.5 Å². The summed E-state index contributed by atoms with van der Waals surface area (Å²) < 4.78 is 5.81. The van der Waals surface area contributed by atoms with Gasteiger partial charge in [-0.15, -0.1) is 0 Å². The first-order chi connectivity index (χ1) is 12.2. The zero-order valence-corrected chi connectivity index (χ0v) is 15.3. The molecule has 1 heterocycles. The molecule has 3 aliphatic rings. The van der Waals surface area contributed by atoms with Crippen molar-refractivity contribution in [1.82, 2.24) is 5.32 Å². The summed E-state index contributed by atoms with van der Waals surface area (Å²) in [5.41, 5.74) is 7.50. The second kappa shape index (κ2) is 7.23. The van der Waals surface area contributed by atoms with Gasteiger partial charge < -0.3 is 10.1 Å². The largest absolute Gasteiger partial charge is 0.493 e. The molecule has 0 atom stereocenters. The average Bonchev–Trinajstić information content (AvgIpc) is 3.20. The number of allylic oxidation sites excluding steroid dienone is 1. The van der Waals surface area contributed by atoms with Crippen LogP contribution in [0.3, 0.4) is 0 Å². The minimum absolute atomic E-state index is 0.0641. The van der Waals surface area contributed by atoms with Gasteiger partial charge in [-0.2, -0.15) is 0 Å². The molecule has 1 aromatic rings. The maximum atomic E-state index is 11.3. The fourth-order valence-electron chi connectivity index (χ4n) is 4.96. The number of carbonyl (C=O) groups is 1. The number of rotatable bonds is 5. The Bertz CT molecular complexity index is 698. The number of nitrogens with one attached hydrogen (secondary N) is 1. The molecule has 1 N–H and O–H groups in total. The molecule has 0 saturated heterocycles. The van der Waals surface area contributed by atoms with Crippen LogP contribution >= 0.6 is 0 Å². The summed E-state index contributed by atoms with van der Waals surface area (Å²) in [7, 11) is 0. The topological polar surface area (TPSA) is 38.3 Å². The van der Waals surface area contributed by atoms with Crippen LogP contribution < -0.4 is 10.1 Å². The van der Waals surface area contributed by atoms with E-state index in [9.17, 15) is 4.79 Å². The van der Waals surface area contributed by atoms with Gasteiger partial charge in [0.05, 0.1) is 6.61 Å². The van der Waals surface area contributed by atoms with Gasteiger partial charge in [-0.3, -0.25) is 4.79 Å². The Morgan fingerprint density at radius 3 is 2.88 bits per heavy atom. The normalized spacial score (nSPS) is 19.6. The van der Waals surface area contributed by atoms with E-state index < -0.39 is 0 Å². The van der Waals surface area contributed by atoms with Crippen molar-refractivity contribution in [2.45, 2.75) is 64.7 Å². The van der Waals surface area contributed by atoms with E-state index in [1.165, 1.54) is 60.8 Å². The molecule has 3 heteroatoms. The van der Waals surface area contributed by atoms with E-state index in [1.54, 1.807) is 12.5 Å². The Hall–Kier alpha value is -1.77. The van der Waals surface area contributed by atoms with Gasteiger partial charge in [0.15, 0.2) is 0 Å². The zero-order valence-electron chi connectivity index (χ0n) is 15.3. The lowest BCUT2D eigenvalue weighted by molar-refractivity contribution is -0.118. The van der Waals surface area contributed by atoms with Gasteiger partial charge in [0.1, 0.15) is 5.75 Å². The Labute approximate surface area is 150 Å². The summed E-state index contributed by atoms with van der Waals surface area (Å²) in [5.74, 6) is 2.00. The lowest BCUT2D eigenvalue weighted by Gasteiger charge is -2.23. The molecule has 1 aliphatic heterocycles. The molecule has 0 bridgehead atoms. The minimum atomic E-state index is 0.0641. The summed E-state index contributed by atoms with van der Waals surface area (Å²) >= 11 is 0. The van der Waals surface area contributed by atoms with E-state index in [1.807, 2.05) is 0 Å². The third-order valence-corrected chi connectivity index (χ3v) is 6.11. The quantitative estimate of drug-likeness (QED) is 0.862. The van der Waals surface area contributed by atoms with E-state index in [0.717, 1.165) is 44.1 Å². The van der Waals surface area contributed by atoms with Crippen molar-refractivity contribution in [3.05, 3.63) is 34.4 Å².